The molecule has 3 aromatic carbocycles. The van der Waals surface area contributed by atoms with Crippen molar-refractivity contribution in [2.45, 2.75) is 16.7 Å². The van der Waals surface area contributed by atoms with E-state index in [1.54, 1.807) is 19.1 Å². The second kappa shape index (κ2) is 7.71. The van der Waals surface area contributed by atoms with Gasteiger partial charge in [0, 0.05) is 37.5 Å². The first-order valence-corrected chi connectivity index (χ1v) is 12.8. The molecule has 7 nitrogen and oxygen atoms in total. The van der Waals surface area contributed by atoms with Gasteiger partial charge in [-0.3, -0.25) is 0 Å². The summed E-state index contributed by atoms with van der Waals surface area (Å²) >= 11 is 0. The number of methoxy groups -OCH3 is 2. The van der Waals surface area contributed by atoms with E-state index >= 15 is 0 Å². The minimum atomic E-state index is -4.28. The molecule has 0 aliphatic carbocycles. The zero-order chi connectivity index (χ0) is 21.6. The van der Waals surface area contributed by atoms with Crippen LogP contribution < -0.4 is 14.2 Å². The Hall–Kier alpha value is -1.94. The Kier molecular flexibility index (Phi) is 5.79. The Bertz CT molecular complexity index is 1330. The SMILES string of the molecule is CCOc1ccc2c(OC)c3c(S(=O)(=O)Cl)cccc3c(OC)c2c1S(=O)(=O)Cl. The van der Waals surface area contributed by atoms with E-state index in [1.807, 2.05) is 0 Å². The van der Waals surface area contributed by atoms with Crippen molar-refractivity contribution in [2.24, 2.45) is 0 Å². The van der Waals surface area contributed by atoms with Crippen molar-refractivity contribution >= 4 is 61.0 Å². The Morgan fingerprint density at radius 3 is 1.93 bits per heavy atom. The standard InChI is InChI=1S/C18H16Cl2O7S2/c1-4-27-12-9-8-11-15(18(12)29(20,23)24)17(26-3)10-6-5-7-13(28(19,21)22)14(10)16(11)25-2/h5-9H,4H2,1-3H3. The third-order valence-electron chi connectivity index (χ3n) is 4.31. The molecule has 0 saturated heterocycles. The van der Waals surface area contributed by atoms with Crippen LogP contribution in [0.25, 0.3) is 21.5 Å². The van der Waals surface area contributed by atoms with Crippen molar-refractivity contribution < 1.29 is 31.0 Å². The third-order valence-corrected chi connectivity index (χ3v) is 7.03. The predicted molar refractivity (Wildman–Crippen MR) is 112 cm³/mol. The lowest BCUT2D eigenvalue weighted by Crippen LogP contribution is -2.04. The van der Waals surface area contributed by atoms with Crippen LogP contribution >= 0.6 is 21.4 Å². The van der Waals surface area contributed by atoms with Gasteiger partial charge >= 0.3 is 0 Å². The smallest absolute Gasteiger partial charge is 0.265 e. The molecule has 11 heteroatoms. The van der Waals surface area contributed by atoms with Crippen LogP contribution in [0.2, 0.25) is 0 Å². The molecule has 0 aromatic heterocycles. The minimum absolute atomic E-state index is 0.0378. The first-order chi connectivity index (χ1) is 13.6. The van der Waals surface area contributed by atoms with Crippen molar-refractivity contribution in [1.29, 1.82) is 0 Å². The van der Waals surface area contributed by atoms with E-state index < -0.39 is 18.1 Å². The molecule has 0 bridgehead atoms. The van der Waals surface area contributed by atoms with Crippen LogP contribution in [0.5, 0.6) is 17.2 Å². The second-order valence-electron chi connectivity index (χ2n) is 5.87. The molecule has 0 aliphatic rings. The lowest BCUT2D eigenvalue weighted by molar-refractivity contribution is 0.332. The van der Waals surface area contributed by atoms with Gasteiger partial charge < -0.3 is 14.2 Å². The maximum atomic E-state index is 12.4. The molecule has 0 atom stereocenters. The summed E-state index contributed by atoms with van der Waals surface area (Å²) < 4.78 is 65.6. The summed E-state index contributed by atoms with van der Waals surface area (Å²) in [6.07, 6.45) is 0. The number of benzene rings is 3. The van der Waals surface area contributed by atoms with Crippen molar-refractivity contribution in [2.75, 3.05) is 20.8 Å². The minimum Gasteiger partial charge on any atom is -0.495 e. The van der Waals surface area contributed by atoms with Gasteiger partial charge in [0.2, 0.25) is 0 Å². The van der Waals surface area contributed by atoms with Gasteiger partial charge in [0.25, 0.3) is 18.1 Å². The van der Waals surface area contributed by atoms with E-state index in [9.17, 15) is 16.8 Å². The van der Waals surface area contributed by atoms with Crippen LogP contribution in [0, 0.1) is 0 Å². The van der Waals surface area contributed by atoms with Crippen LogP contribution in [0.3, 0.4) is 0 Å². The van der Waals surface area contributed by atoms with Crippen LogP contribution in [0.4, 0.5) is 0 Å². The normalized spacial score (nSPS) is 12.3. The molecule has 0 spiro atoms. The molecule has 0 amide bonds. The number of halogens is 2. The van der Waals surface area contributed by atoms with Gasteiger partial charge in [0.1, 0.15) is 22.1 Å². The van der Waals surface area contributed by atoms with E-state index in [0.29, 0.717) is 0 Å². The molecule has 29 heavy (non-hydrogen) atoms. The van der Waals surface area contributed by atoms with Gasteiger partial charge in [-0.1, -0.05) is 12.1 Å². The van der Waals surface area contributed by atoms with Gasteiger partial charge in [0.15, 0.2) is 0 Å². The summed E-state index contributed by atoms with van der Waals surface area (Å²) in [7, 11) is 5.61. The fourth-order valence-electron chi connectivity index (χ4n) is 3.34. The van der Waals surface area contributed by atoms with Gasteiger partial charge in [-0.05, 0) is 25.1 Å². The summed E-state index contributed by atoms with van der Waals surface area (Å²) in [6, 6.07) is 7.33. The zero-order valence-corrected chi connectivity index (χ0v) is 18.7. The maximum Gasteiger partial charge on any atom is 0.265 e. The molecule has 0 radical (unpaired) electrons. The fraction of sp³-hybridized carbons (Fsp3) is 0.222. The molecular formula is C18H16Cl2O7S2. The quantitative estimate of drug-likeness (QED) is 0.385. The molecule has 0 N–H and O–H groups in total. The Balaban J connectivity index is 2.74. The number of ether oxygens (including phenoxy) is 3. The molecular weight excluding hydrogens is 463 g/mol. The predicted octanol–water partition coefficient (Wildman–Crippen LogP) is 4.26. The third kappa shape index (κ3) is 3.68. The molecule has 0 aliphatic heterocycles. The van der Waals surface area contributed by atoms with Crippen LogP contribution in [-0.4, -0.2) is 37.7 Å². The Morgan fingerprint density at radius 2 is 1.41 bits per heavy atom. The average molecular weight is 479 g/mol. The van der Waals surface area contributed by atoms with Crippen LogP contribution in [0.1, 0.15) is 6.92 Å². The van der Waals surface area contributed by atoms with Crippen LogP contribution in [-0.2, 0) is 18.1 Å². The summed E-state index contributed by atoms with van der Waals surface area (Å²) in [5, 5.41) is 0.833. The van der Waals surface area contributed by atoms with Crippen molar-refractivity contribution in [1.82, 2.24) is 0 Å². The molecule has 0 unspecified atom stereocenters. The largest absolute Gasteiger partial charge is 0.495 e. The lowest BCUT2D eigenvalue weighted by atomic mass is 10.00. The first kappa shape index (κ1) is 21.8. The van der Waals surface area contributed by atoms with Gasteiger partial charge in [-0.15, -0.1) is 0 Å². The van der Waals surface area contributed by atoms with E-state index in [1.165, 1.54) is 32.4 Å². The molecule has 156 valence electrons. The lowest BCUT2D eigenvalue weighted by Gasteiger charge is -2.19. The van der Waals surface area contributed by atoms with Gasteiger partial charge in [-0.2, -0.15) is 0 Å². The molecule has 0 saturated carbocycles. The number of hydrogen-bond acceptors (Lipinski definition) is 7. The number of fused-ring (bicyclic) bond motifs is 2. The van der Waals surface area contributed by atoms with Crippen molar-refractivity contribution in [3.05, 3.63) is 30.3 Å². The van der Waals surface area contributed by atoms with Gasteiger partial charge in [0.05, 0.1) is 31.1 Å². The van der Waals surface area contributed by atoms with Crippen LogP contribution in [0.15, 0.2) is 40.1 Å². The highest BCUT2D eigenvalue weighted by molar-refractivity contribution is 8.14. The average Bonchev–Trinajstić information content (AvgIpc) is 2.63. The van der Waals surface area contributed by atoms with E-state index in [2.05, 4.69) is 0 Å². The van der Waals surface area contributed by atoms with Gasteiger partial charge in [-0.25, -0.2) is 16.8 Å². The molecule has 3 aromatic rings. The van der Waals surface area contributed by atoms with E-state index in [-0.39, 0.29) is 55.2 Å². The monoisotopic (exact) mass is 478 g/mol. The molecule has 0 heterocycles. The Labute approximate surface area is 176 Å². The number of hydrogen-bond donors (Lipinski definition) is 0. The Morgan fingerprint density at radius 1 is 0.828 bits per heavy atom. The maximum absolute atomic E-state index is 12.4. The van der Waals surface area contributed by atoms with E-state index in [0.717, 1.165) is 0 Å². The van der Waals surface area contributed by atoms with E-state index in [4.69, 9.17) is 35.6 Å². The summed E-state index contributed by atoms with van der Waals surface area (Å²) in [5.41, 5.74) is 0. The zero-order valence-electron chi connectivity index (χ0n) is 15.5. The molecule has 3 rings (SSSR count). The summed E-state index contributed by atoms with van der Waals surface area (Å²) in [4.78, 5) is -0.493. The first-order valence-electron chi connectivity index (χ1n) is 8.21. The second-order valence-corrected chi connectivity index (χ2v) is 10.9. The fourth-order valence-corrected chi connectivity index (χ4v) is 5.69. The highest BCUT2D eigenvalue weighted by atomic mass is 35.7. The highest BCUT2D eigenvalue weighted by Gasteiger charge is 2.29. The summed E-state index contributed by atoms with van der Waals surface area (Å²) in [6.45, 7) is 1.90. The molecule has 0 fully saturated rings. The topological polar surface area (TPSA) is 96.0 Å². The van der Waals surface area contributed by atoms with Crippen molar-refractivity contribution in [3.63, 3.8) is 0 Å². The summed E-state index contributed by atoms with van der Waals surface area (Å²) in [5.74, 6) is 0.245. The van der Waals surface area contributed by atoms with Crippen molar-refractivity contribution in [3.8, 4) is 17.2 Å². The highest BCUT2D eigenvalue weighted by Crippen LogP contribution is 2.49. The number of rotatable bonds is 6.